The predicted molar refractivity (Wildman–Crippen MR) is 118 cm³/mol. The number of pyridine rings is 1. The van der Waals surface area contributed by atoms with Gasteiger partial charge in [0.25, 0.3) is 11.5 Å². The molecule has 0 saturated carbocycles. The van der Waals surface area contributed by atoms with Crippen molar-refractivity contribution in [2.45, 2.75) is 13.5 Å². The summed E-state index contributed by atoms with van der Waals surface area (Å²) in [6.07, 6.45) is 0. The van der Waals surface area contributed by atoms with E-state index in [1.165, 1.54) is 0 Å². The molecule has 0 saturated heterocycles. The topological polar surface area (TPSA) is 53.2 Å². The van der Waals surface area contributed by atoms with E-state index in [0.29, 0.717) is 16.1 Å². The first-order valence-corrected chi connectivity index (χ1v) is 9.64. The highest BCUT2D eigenvalue weighted by Crippen LogP contribution is 2.22. The Labute approximate surface area is 173 Å². The van der Waals surface area contributed by atoms with E-state index in [1.54, 1.807) is 29.2 Å². The van der Waals surface area contributed by atoms with E-state index < -0.39 is 0 Å². The zero-order valence-corrected chi connectivity index (χ0v) is 16.6. The van der Waals surface area contributed by atoms with Crippen LogP contribution in [0.25, 0.3) is 10.9 Å². The van der Waals surface area contributed by atoms with Gasteiger partial charge in [-0.25, -0.2) is 0 Å². The molecule has 3 aromatic carbocycles. The van der Waals surface area contributed by atoms with Crippen molar-refractivity contribution in [2.24, 2.45) is 0 Å². The highest BCUT2D eigenvalue weighted by atomic mass is 35.5. The molecular weight excluding hydrogens is 384 g/mol. The van der Waals surface area contributed by atoms with E-state index in [2.05, 4.69) is 4.98 Å². The van der Waals surface area contributed by atoms with Crippen LogP contribution in [-0.4, -0.2) is 10.9 Å². The number of carbonyl (C=O) groups is 1. The molecule has 0 aliphatic rings. The smallest absolute Gasteiger partial charge is 0.258 e. The third kappa shape index (κ3) is 4.08. The average Bonchev–Trinajstić information content (AvgIpc) is 2.73. The summed E-state index contributed by atoms with van der Waals surface area (Å²) in [7, 11) is 0. The first-order valence-electron chi connectivity index (χ1n) is 9.26. The molecule has 1 N–H and O–H groups in total. The third-order valence-electron chi connectivity index (χ3n) is 4.84. The van der Waals surface area contributed by atoms with E-state index in [0.717, 1.165) is 22.2 Å². The van der Waals surface area contributed by atoms with Crippen LogP contribution in [0.5, 0.6) is 0 Å². The number of fused-ring (bicyclic) bond motifs is 1. The number of halogens is 1. The summed E-state index contributed by atoms with van der Waals surface area (Å²) in [6.45, 7) is 2.15. The Hall–Kier alpha value is -3.37. The number of nitrogens with one attached hydrogen (secondary N) is 1. The van der Waals surface area contributed by atoms with Crippen LogP contribution in [0.1, 0.15) is 21.5 Å². The van der Waals surface area contributed by atoms with Crippen molar-refractivity contribution < 1.29 is 4.79 Å². The van der Waals surface area contributed by atoms with Crippen molar-refractivity contribution in [3.05, 3.63) is 111 Å². The number of aryl methyl sites for hydroxylation is 1. The van der Waals surface area contributed by atoms with Gasteiger partial charge in [0.15, 0.2) is 0 Å². The minimum absolute atomic E-state index is 0.157. The lowest BCUT2D eigenvalue weighted by atomic mass is 10.1. The van der Waals surface area contributed by atoms with Crippen molar-refractivity contribution in [3.8, 4) is 0 Å². The van der Waals surface area contributed by atoms with Gasteiger partial charge < -0.3 is 9.88 Å². The standard InChI is InChI=1S/C24H19ClN2O2/c1-16-6-12-21(13-7-16)27(24(29)17-8-10-20(25)11-9-17)15-19-14-18-4-2-3-5-22(18)26-23(19)28/h2-14H,15H2,1H3,(H,26,28). The number of H-pyrrole nitrogens is 1. The van der Waals surface area contributed by atoms with Crippen molar-refractivity contribution in [1.82, 2.24) is 4.98 Å². The summed E-state index contributed by atoms with van der Waals surface area (Å²) in [5.41, 5.74) is 3.41. The molecule has 144 valence electrons. The molecule has 4 rings (SSSR count). The van der Waals surface area contributed by atoms with E-state index >= 15 is 0 Å². The number of aromatic nitrogens is 1. The quantitative estimate of drug-likeness (QED) is 0.501. The number of anilines is 1. The molecule has 1 amide bonds. The molecule has 0 unspecified atom stereocenters. The maximum Gasteiger partial charge on any atom is 0.258 e. The second-order valence-corrected chi connectivity index (χ2v) is 7.38. The largest absolute Gasteiger partial charge is 0.322 e. The first-order chi connectivity index (χ1) is 14.0. The molecule has 5 heteroatoms. The number of amides is 1. The highest BCUT2D eigenvalue weighted by molar-refractivity contribution is 6.30. The SMILES string of the molecule is Cc1ccc(N(Cc2cc3ccccc3[nH]c2=O)C(=O)c2ccc(Cl)cc2)cc1. The summed E-state index contributed by atoms with van der Waals surface area (Å²) in [5, 5.41) is 1.49. The lowest BCUT2D eigenvalue weighted by Gasteiger charge is -2.23. The molecule has 0 aliphatic carbocycles. The van der Waals surface area contributed by atoms with Gasteiger partial charge in [0.2, 0.25) is 0 Å². The zero-order valence-electron chi connectivity index (χ0n) is 15.9. The Morgan fingerprint density at radius 3 is 2.38 bits per heavy atom. The summed E-state index contributed by atoms with van der Waals surface area (Å²) >= 11 is 5.97. The molecule has 0 radical (unpaired) electrons. The number of benzene rings is 3. The van der Waals surface area contributed by atoms with Gasteiger partial charge in [-0.15, -0.1) is 0 Å². The van der Waals surface area contributed by atoms with Gasteiger partial charge in [0.05, 0.1) is 6.54 Å². The van der Waals surface area contributed by atoms with Crippen LogP contribution in [-0.2, 0) is 6.54 Å². The van der Waals surface area contributed by atoms with Crippen molar-refractivity contribution in [1.29, 1.82) is 0 Å². The van der Waals surface area contributed by atoms with E-state index in [1.807, 2.05) is 61.5 Å². The maximum atomic E-state index is 13.3. The summed E-state index contributed by atoms with van der Waals surface area (Å²) < 4.78 is 0. The van der Waals surface area contributed by atoms with Crippen LogP contribution >= 0.6 is 11.6 Å². The van der Waals surface area contributed by atoms with Gasteiger partial charge in [-0.2, -0.15) is 0 Å². The minimum atomic E-state index is -0.204. The summed E-state index contributed by atoms with van der Waals surface area (Å²) in [6, 6.07) is 23.8. The molecule has 1 heterocycles. The molecular formula is C24H19ClN2O2. The van der Waals surface area contributed by atoms with Crippen molar-refractivity contribution in [3.63, 3.8) is 0 Å². The molecule has 0 aliphatic heterocycles. The molecule has 0 bridgehead atoms. The maximum absolute atomic E-state index is 13.3. The fourth-order valence-electron chi connectivity index (χ4n) is 3.23. The molecule has 0 spiro atoms. The van der Waals surface area contributed by atoms with Crippen molar-refractivity contribution >= 4 is 34.1 Å². The predicted octanol–water partition coefficient (Wildman–Crippen LogP) is 5.34. The lowest BCUT2D eigenvalue weighted by Crippen LogP contribution is -2.32. The Balaban J connectivity index is 1.77. The average molecular weight is 403 g/mol. The lowest BCUT2D eigenvalue weighted by molar-refractivity contribution is 0.0985. The van der Waals surface area contributed by atoms with Crippen LogP contribution in [0, 0.1) is 6.92 Å². The van der Waals surface area contributed by atoms with Gasteiger partial charge in [0.1, 0.15) is 0 Å². The van der Waals surface area contributed by atoms with E-state index in [-0.39, 0.29) is 18.0 Å². The molecule has 1 aromatic heterocycles. The number of aromatic amines is 1. The monoisotopic (exact) mass is 402 g/mol. The number of hydrogen-bond acceptors (Lipinski definition) is 2. The highest BCUT2D eigenvalue weighted by Gasteiger charge is 2.20. The number of carbonyl (C=O) groups excluding carboxylic acids is 1. The normalized spacial score (nSPS) is 10.8. The Bertz CT molecular complexity index is 1230. The number of rotatable bonds is 4. The van der Waals surface area contributed by atoms with Gasteiger partial charge >= 0.3 is 0 Å². The molecule has 0 fully saturated rings. The van der Waals surface area contributed by atoms with Crippen LogP contribution in [0.2, 0.25) is 5.02 Å². The fourth-order valence-corrected chi connectivity index (χ4v) is 3.36. The number of para-hydroxylation sites is 1. The number of hydrogen-bond donors (Lipinski definition) is 1. The molecule has 4 nitrogen and oxygen atoms in total. The minimum Gasteiger partial charge on any atom is -0.322 e. The van der Waals surface area contributed by atoms with Crippen LogP contribution < -0.4 is 10.5 Å². The van der Waals surface area contributed by atoms with E-state index in [4.69, 9.17) is 11.6 Å². The summed E-state index contributed by atoms with van der Waals surface area (Å²) in [4.78, 5) is 30.5. The Morgan fingerprint density at radius 1 is 0.966 bits per heavy atom. The molecule has 4 aromatic rings. The molecule has 0 atom stereocenters. The van der Waals surface area contributed by atoms with Gasteiger partial charge in [-0.3, -0.25) is 9.59 Å². The van der Waals surface area contributed by atoms with Crippen molar-refractivity contribution in [2.75, 3.05) is 4.90 Å². The zero-order chi connectivity index (χ0) is 20.4. The fraction of sp³-hybridized carbons (Fsp3) is 0.0833. The number of nitrogens with zero attached hydrogens (tertiary/aromatic N) is 1. The van der Waals surface area contributed by atoms with Gasteiger partial charge in [-0.1, -0.05) is 47.5 Å². The second kappa shape index (κ2) is 7.94. The second-order valence-electron chi connectivity index (χ2n) is 6.94. The molecule has 29 heavy (non-hydrogen) atoms. The van der Waals surface area contributed by atoms with Crippen LogP contribution in [0.15, 0.2) is 83.7 Å². The van der Waals surface area contributed by atoms with Crippen LogP contribution in [0.3, 0.4) is 0 Å². The third-order valence-corrected chi connectivity index (χ3v) is 5.09. The summed E-state index contributed by atoms with van der Waals surface area (Å²) in [5.74, 6) is -0.196. The van der Waals surface area contributed by atoms with E-state index in [9.17, 15) is 9.59 Å². The van der Waals surface area contributed by atoms with Gasteiger partial charge in [0, 0.05) is 27.4 Å². The first kappa shape index (κ1) is 19.0. The van der Waals surface area contributed by atoms with Gasteiger partial charge in [-0.05, 0) is 60.8 Å². The Kier molecular flexibility index (Phi) is 5.19. The van der Waals surface area contributed by atoms with Crippen LogP contribution in [0.4, 0.5) is 5.69 Å². The Morgan fingerprint density at radius 2 is 1.66 bits per heavy atom.